The van der Waals surface area contributed by atoms with E-state index in [1.165, 1.54) is 0 Å². The summed E-state index contributed by atoms with van der Waals surface area (Å²) in [6.45, 7) is 3.36. The molecule has 6 heteroatoms. The van der Waals surface area contributed by atoms with Gasteiger partial charge in [0.25, 0.3) is 0 Å². The Morgan fingerprint density at radius 3 is 2.64 bits per heavy atom. The van der Waals surface area contributed by atoms with Gasteiger partial charge >= 0.3 is 0 Å². The zero-order valence-electron chi connectivity index (χ0n) is 5.94. The molecule has 0 radical (unpaired) electrons. The minimum Gasteiger partial charge on any atom is -0.336 e. The lowest BCUT2D eigenvalue weighted by molar-refractivity contribution is 0.443. The SMILES string of the molecule is CCN1CNN=C1C(Cl)(Cl)Cl. The highest BCUT2D eigenvalue weighted by molar-refractivity contribution is 6.76. The molecule has 1 rings (SSSR count). The molecule has 64 valence electrons. The quantitative estimate of drug-likeness (QED) is 0.674. The number of amidine groups is 1. The van der Waals surface area contributed by atoms with E-state index < -0.39 is 3.79 Å². The molecule has 0 aromatic heterocycles. The summed E-state index contributed by atoms with van der Waals surface area (Å²) in [5.74, 6) is 0.463. The van der Waals surface area contributed by atoms with Crippen LogP contribution in [0.1, 0.15) is 6.92 Å². The average Bonchev–Trinajstić information content (AvgIpc) is 2.31. The van der Waals surface area contributed by atoms with Crippen molar-refractivity contribution in [3.8, 4) is 0 Å². The minimum absolute atomic E-state index is 0.463. The maximum atomic E-state index is 5.63. The van der Waals surface area contributed by atoms with Crippen LogP contribution in [-0.2, 0) is 0 Å². The first-order valence-corrected chi connectivity index (χ1v) is 4.31. The molecule has 0 aliphatic carbocycles. The molecule has 0 atom stereocenters. The van der Waals surface area contributed by atoms with Crippen LogP contribution in [0.3, 0.4) is 0 Å². The second-order valence-corrected chi connectivity index (χ2v) is 4.39. The van der Waals surface area contributed by atoms with Gasteiger partial charge in [-0.25, -0.2) is 0 Å². The Labute approximate surface area is 80.3 Å². The molecule has 1 aliphatic heterocycles. The zero-order valence-corrected chi connectivity index (χ0v) is 8.21. The van der Waals surface area contributed by atoms with Gasteiger partial charge in [-0.2, -0.15) is 5.10 Å². The van der Waals surface area contributed by atoms with Crippen LogP contribution in [0.4, 0.5) is 0 Å². The van der Waals surface area contributed by atoms with Crippen molar-refractivity contribution in [2.75, 3.05) is 13.2 Å². The maximum absolute atomic E-state index is 5.63. The van der Waals surface area contributed by atoms with Gasteiger partial charge in [0.2, 0.25) is 3.79 Å². The van der Waals surface area contributed by atoms with Crippen molar-refractivity contribution in [1.29, 1.82) is 0 Å². The standard InChI is InChI=1S/C5H8Cl3N3/c1-2-11-3-9-10-4(11)5(6,7)8/h9H,2-3H2,1H3. The normalized spacial score (nSPS) is 18.2. The third-order valence-electron chi connectivity index (χ3n) is 1.38. The smallest absolute Gasteiger partial charge is 0.249 e. The lowest BCUT2D eigenvalue weighted by Crippen LogP contribution is -2.36. The van der Waals surface area contributed by atoms with Crippen LogP contribution in [0.5, 0.6) is 0 Å². The molecule has 0 spiro atoms. The molecule has 3 nitrogen and oxygen atoms in total. The molecule has 0 saturated heterocycles. The Hall–Kier alpha value is 0.140. The monoisotopic (exact) mass is 215 g/mol. The number of rotatable bonds is 1. The van der Waals surface area contributed by atoms with Gasteiger partial charge in [0.1, 0.15) is 6.67 Å². The zero-order chi connectivity index (χ0) is 8.48. The third-order valence-corrected chi connectivity index (χ3v) is 1.89. The summed E-state index contributed by atoms with van der Waals surface area (Å²) in [4.78, 5) is 1.85. The average molecular weight is 216 g/mol. The minimum atomic E-state index is -1.42. The maximum Gasteiger partial charge on any atom is 0.249 e. The molecule has 0 saturated carbocycles. The lowest BCUT2D eigenvalue weighted by Gasteiger charge is -2.20. The van der Waals surface area contributed by atoms with Gasteiger partial charge in [-0.3, -0.25) is 5.43 Å². The van der Waals surface area contributed by atoms with E-state index in [0.717, 1.165) is 6.54 Å². The molecule has 0 fully saturated rings. The highest BCUT2D eigenvalue weighted by atomic mass is 35.6. The topological polar surface area (TPSA) is 27.6 Å². The van der Waals surface area contributed by atoms with Gasteiger partial charge < -0.3 is 4.90 Å². The van der Waals surface area contributed by atoms with E-state index in [0.29, 0.717) is 12.5 Å². The predicted octanol–water partition coefficient (Wildman–Crippen LogP) is 1.55. The van der Waals surface area contributed by atoms with Gasteiger partial charge in [-0.15, -0.1) is 0 Å². The van der Waals surface area contributed by atoms with Crippen molar-refractivity contribution in [3.63, 3.8) is 0 Å². The van der Waals surface area contributed by atoms with Crippen molar-refractivity contribution >= 4 is 40.6 Å². The molecular weight excluding hydrogens is 208 g/mol. The van der Waals surface area contributed by atoms with Crippen molar-refractivity contribution in [2.45, 2.75) is 10.7 Å². The van der Waals surface area contributed by atoms with Gasteiger partial charge in [-0.1, -0.05) is 34.8 Å². The van der Waals surface area contributed by atoms with Crippen LogP contribution in [0.25, 0.3) is 0 Å². The van der Waals surface area contributed by atoms with Gasteiger partial charge in [0.15, 0.2) is 5.84 Å². The first-order valence-electron chi connectivity index (χ1n) is 3.18. The van der Waals surface area contributed by atoms with Crippen molar-refractivity contribution in [2.24, 2.45) is 5.10 Å². The Morgan fingerprint density at radius 2 is 2.27 bits per heavy atom. The van der Waals surface area contributed by atoms with Gasteiger partial charge in [0, 0.05) is 6.54 Å². The highest BCUT2D eigenvalue weighted by Gasteiger charge is 2.34. The Balaban J connectivity index is 2.71. The second kappa shape index (κ2) is 3.25. The van der Waals surface area contributed by atoms with E-state index in [1.807, 2.05) is 11.8 Å². The van der Waals surface area contributed by atoms with E-state index in [1.54, 1.807) is 0 Å². The van der Waals surface area contributed by atoms with Crippen LogP contribution >= 0.6 is 34.8 Å². The molecular formula is C5H8Cl3N3. The molecule has 0 unspecified atom stereocenters. The number of nitrogens with one attached hydrogen (secondary N) is 1. The molecule has 0 bridgehead atoms. The highest BCUT2D eigenvalue weighted by Crippen LogP contribution is 2.30. The molecule has 11 heavy (non-hydrogen) atoms. The number of hydrazone groups is 1. The second-order valence-electron chi connectivity index (χ2n) is 2.11. The number of alkyl halides is 3. The summed E-state index contributed by atoms with van der Waals surface area (Å²) in [7, 11) is 0. The van der Waals surface area contributed by atoms with Crippen LogP contribution in [0.15, 0.2) is 5.10 Å². The molecule has 1 aliphatic rings. The summed E-state index contributed by atoms with van der Waals surface area (Å²) in [6, 6.07) is 0. The largest absolute Gasteiger partial charge is 0.336 e. The number of hydrogen-bond donors (Lipinski definition) is 1. The summed E-state index contributed by atoms with van der Waals surface area (Å²) < 4.78 is -1.42. The Bertz CT molecular complexity index is 174. The summed E-state index contributed by atoms with van der Waals surface area (Å²) in [6.07, 6.45) is 0. The van der Waals surface area contributed by atoms with Gasteiger partial charge in [0.05, 0.1) is 0 Å². The van der Waals surface area contributed by atoms with Crippen LogP contribution in [-0.4, -0.2) is 27.7 Å². The van der Waals surface area contributed by atoms with Crippen LogP contribution in [0, 0.1) is 0 Å². The first-order chi connectivity index (χ1) is 5.05. The fourth-order valence-corrected chi connectivity index (χ4v) is 1.33. The van der Waals surface area contributed by atoms with E-state index in [-0.39, 0.29) is 0 Å². The molecule has 1 heterocycles. The fourth-order valence-electron chi connectivity index (χ4n) is 0.845. The van der Waals surface area contributed by atoms with Crippen molar-refractivity contribution < 1.29 is 0 Å². The summed E-state index contributed by atoms with van der Waals surface area (Å²) >= 11 is 16.9. The number of halogens is 3. The summed E-state index contributed by atoms with van der Waals surface area (Å²) in [5, 5.41) is 3.86. The van der Waals surface area contributed by atoms with E-state index >= 15 is 0 Å². The number of nitrogens with zero attached hydrogens (tertiary/aromatic N) is 2. The Morgan fingerprint density at radius 1 is 1.64 bits per heavy atom. The molecule has 0 aromatic rings. The van der Waals surface area contributed by atoms with E-state index in [9.17, 15) is 0 Å². The van der Waals surface area contributed by atoms with Crippen molar-refractivity contribution in [3.05, 3.63) is 0 Å². The molecule has 0 aromatic carbocycles. The fraction of sp³-hybridized carbons (Fsp3) is 0.800. The molecule has 1 N–H and O–H groups in total. The third kappa shape index (κ3) is 2.04. The van der Waals surface area contributed by atoms with Gasteiger partial charge in [-0.05, 0) is 6.92 Å². The van der Waals surface area contributed by atoms with Crippen LogP contribution < -0.4 is 5.43 Å². The lowest BCUT2D eigenvalue weighted by atomic mass is 10.5. The number of hydrogen-bond acceptors (Lipinski definition) is 3. The van der Waals surface area contributed by atoms with Crippen molar-refractivity contribution in [1.82, 2.24) is 10.3 Å². The Kier molecular flexibility index (Phi) is 2.73. The summed E-state index contributed by atoms with van der Waals surface area (Å²) in [5.41, 5.74) is 2.74. The predicted molar refractivity (Wildman–Crippen MR) is 48.1 cm³/mol. The van der Waals surface area contributed by atoms with Crippen LogP contribution in [0.2, 0.25) is 0 Å². The van der Waals surface area contributed by atoms with E-state index in [2.05, 4.69) is 10.5 Å². The first kappa shape index (κ1) is 9.23. The molecule has 0 amide bonds. The van der Waals surface area contributed by atoms with E-state index in [4.69, 9.17) is 34.8 Å².